The summed E-state index contributed by atoms with van der Waals surface area (Å²) in [5, 5.41) is 7.52. The van der Waals surface area contributed by atoms with Crippen molar-refractivity contribution in [1.82, 2.24) is 19.6 Å². The van der Waals surface area contributed by atoms with Crippen LogP contribution in [-0.2, 0) is 14.3 Å². The van der Waals surface area contributed by atoms with E-state index < -0.39 is 0 Å². The number of piperidine rings is 1. The SMILES string of the molecule is COC(=O)CN1CCN(C2OC(=O)N(CCCC3CCN(C(=N)N)CC3)C2C)CC1. The number of hydrogen-bond acceptors (Lipinski definition) is 7. The number of esters is 1. The van der Waals surface area contributed by atoms with Gasteiger partial charge >= 0.3 is 12.1 Å². The molecule has 0 spiro atoms. The maximum Gasteiger partial charge on any atom is 0.411 e. The van der Waals surface area contributed by atoms with E-state index in [0.29, 0.717) is 19.0 Å². The van der Waals surface area contributed by atoms with E-state index in [4.69, 9.17) is 20.6 Å². The lowest BCUT2D eigenvalue weighted by atomic mass is 9.92. The Morgan fingerprint density at radius 1 is 1.20 bits per heavy atom. The molecule has 3 rings (SSSR count). The second kappa shape index (κ2) is 10.3. The number of likely N-dealkylation sites (tertiary alicyclic amines) is 1. The number of guanidine groups is 1. The minimum absolute atomic E-state index is 0.0178. The van der Waals surface area contributed by atoms with Crippen LogP contribution in [0.1, 0.15) is 32.6 Å². The van der Waals surface area contributed by atoms with Crippen molar-refractivity contribution in [3.8, 4) is 0 Å². The van der Waals surface area contributed by atoms with E-state index in [0.717, 1.165) is 65.0 Å². The van der Waals surface area contributed by atoms with E-state index in [1.807, 2.05) is 9.80 Å². The lowest BCUT2D eigenvalue weighted by molar-refractivity contribution is -0.142. The maximum atomic E-state index is 12.4. The minimum Gasteiger partial charge on any atom is -0.468 e. The molecular weight excluding hydrogens is 388 g/mol. The van der Waals surface area contributed by atoms with Crippen molar-refractivity contribution >= 4 is 18.0 Å². The highest BCUT2D eigenvalue weighted by atomic mass is 16.6. The molecule has 0 aromatic rings. The number of carbonyl (C=O) groups excluding carboxylic acids is 2. The Hall–Kier alpha value is -2.07. The quantitative estimate of drug-likeness (QED) is 0.341. The predicted molar refractivity (Wildman–Crippen MR) is 112 cm³/mol. The summed E-state index contributed by atoms with van der Waals surface area (Å²) in [6, 6.07) is 0.0178. The summed E-state index contributed by atoms with van der Waals surface area (Å²) >= 11 is 0. The first-order valence-corrected chi connectivity index (χ1v) is 11.0. The molecule has 1 amide bonds. The molecule has 3 aliphatic heterocycles. The summed E-state index contributed by atoms with van der Waals surface area (Å²) < 4.78 is 10.4. The number of piperazine rings is 1. The summed E-state index contributed by atoms with van der Waals surface area (Å²) in [4.78, 5) is 31.9. The lowest BCUT2D eigenvalue weighted by Crippen LogP contribution is -2.54. The molecule has 10 nitrogen and oxygen atoms in total. The zero-order valence-corrected chi connectivity index (χ0v) is 18.2. The van der Waals surface area contributed by atoms with Crippen LogP contribution < -0.4 is 5.73 Å². The second-order valence-corrected chi connectivity index (χ2v) is 8.55. The van der Waals surface area contributed by atoms with Gasteiger partial charge in [0.25, 0.3) is 0 Å². The van der Waals surface area contributed by atoms with Gasteiger partial charge in [-0.15, -0.1) is 0 Å². The van der Waals surface area contributed by atoms with Crippen molar-refractivity contribution in [2.45, 2.75) is 44.9 Å². The van der Waals surface area contributed by atoms with Gasteiger partial charge in [0.1, 0.15) is 0 Å². The number of methoxy groups -OCH3 is 1. The van der Waals surface area contributed by atoms with Gasteiger partial charge in [0, 0.05) is 45.8 Å². The van der Waals surface area contributed by atoms with E-state index in [9.17, 15) is 9.59 Å². The molecule has 0 saturated carbocycles. The third-order valence-corrected chi connectivity index (χ3v) is 6.67. The number of nitrogens with one attached hydrogen (secondary N) is 1. The fourth-order valence-electron chi connectivity index (χ4n) is 4.70. The van der Waals surface area contributed by atoms with Crippen molar-refractivity contribution in [3.63, 3.8) is 0 Å². The monoisotopic (exact) mass is 424 g/mol. The number of hydrogen-bond donors (Lipinski definition) is 2. The first-order chi connectivity index (χ1) is 14.4. The summed E-state index contributed by atoms with van der Waals surface area (Å²) in [6.07, 6.45) is 3.70. The van der Waals surface area contributed by atoms with E-state index >= 15 is 0 Å². The fourth-order valence-corrected chi connectivity index (χ4v) is 4.70. The number of ether oxygens (including phenoxy) is 2. The normalized spacial score (nSPS) is 26.7. The van der Waals surface area contributed by atoms with Crippen molar-refractivity contribution in [2.24, 2.45) is 11.7 Å². The van der Waals surface area contributed by atoms with Crippen molar-refractivity contribution in [2.75, 3.05) is 59.5 Å². The third kappa shape index (κ3) is 5.54. The first kappa shape index (κ1) is 22.6. The third-order valence-electron chi connectivity index (χ3n) is 6.67. The average molecular weight is 425 g/mol. The molecule has 2 unspecified atom stereocenters. The molecule has 3 aliphatic rings. The van der Waals surface area contributed by atoms with Crippen molar-refractivity contribution < 1.29 is 19.1 Å². The van der Waals surface area contributed by atoms with E-state index in [2.05, 4.69) is 16.7 Å². The topological polar surface area (TPSA) is 115 Å². The highest BCUT2D eigenvalue weighted by Crippen LogP contribution is 2.26. The summed E-state index contributed by atoms with van der Waals surface area (Å²) in [6.45, 7) is 7.83. The molecule has 0 radical (unpaired) electrons. The Labute approximate surface area is 178 Å². The number of nitrogens with zero attached hydrogens (tertiary/aromatic N) is 4. The number of nitrogens with two attached hydrogens (primary N) is 1. The standard InChI is InChI=1S/C20H36N6O4/c1-15-18(24-12-10-23(11-13-24)14-17(27)29-2)30-20(28)26(15)7-3-4-16-5-8-25(9-6-16)19(21)22/h15-16,18H,3-14H2,1-2H3,(H3,21,22). The molecule has 3 heterocycles. The highest BCUT2D eigenvalue weighted by molar-refractivity contribution is 5.74. The van der Waals surface area contributed by atoms with Gasteiger partial charge < -0.3 is 25.0 Å². The van der Waals surface area contributed by atoms with Crippen LogP contribution in [0.15, 0.2) is 0 Å². The smallest absolute Gasteiger partial charge is 0.411 e. The van der Waals surface area contributed by atoms with Gasteiger partial charge in [0.05, 0.1) is 19.7 Å². The molecule has 0 aromatic carbocycles. The van der Waals surface area contributed by atoms with Crippen LogP contribution in [0.5, 0.6) is 0 Å². The van der Waals surface area contributed by atoms with Gasteiger partial charge in [0.2, 0.25) is 0 Å². The summed E-state index contributed by atoms with van der Waals surface area (Å²) in [5.74, 6) is 0.578. The summed E-state index contributed by atoms with van der Waals surface area (Å²) in [7, 11) is 1.40. The second-order valence-electron chi connectivity index (χ2n) is 8.55. The number of amides is 1. The van der Waals surface area contributed by atoms with Gasteiger partial charge in [-0.25, -0.2) is 4.79 Å². The Balaban J connectivity index is 1.39. The summed E-state index contributed by atoms with van der Waals surface area (Å²) in [5.41, 5.74) is 5.56. The fraction of sp³-hybridized carbons (Fsp3) is 0.850. The Kier molecular flexibility index (Phi) is 7.76. The van der Waals surface area contributed by atoms with Crippen LogP contribution in [0.3, 0.4) is 0 Å². The molecule has 0 bridgehead atoms. The van der Waals surface area contributed by atoms with E-state index in [1.165, 1.54) is 7.11 Å². The molecule has 3 saturated heterocycles. The number of carbonyl (C=O) groups is 2. The largest absolute Gasteiger partial charge is 0.468 e. The first-order valence-electron chi connectivity index (χ1n) is 11.0. The molecule has 0 aliphatic carbocycles. The van der Waals surface area contributed by atoms with Crippen molar-refractivity contribution in [3.05, 3.63) is 0 Å². The van der Waals surface area contributed by atoms with E-state index in [1.54, 1.807) is 0 Å². The molecule has 30 heavy (non-hydrogen) atoms. The molecule has 3 N–H and O–H groups in total. The van der Waals surface area contributed by atoms with Gasteiger partial charge in [-0.2, -0.15) is 0 Å². The molecule has 170 valence electrons. The van der Waals surface area contributed by atoms with E-state index in [-0.39, 0.29) is 30.3 Å². The average Bonchev–Trinajstić information content (AvgIpc) is 3.03. The van der Waals surface area contributed by atoms with Crippen LogP contribution in [0.2, 0.25) is 0 Å². The van der Waals surface area contributed by atoms with Crippen molar-refractivity contribution in [1.29, 1.82) is 5.41 Å². The Morgan fingerprint density at radius 3 is 2.47 bits per heavy atom. The zero-order chi connectivity index (χ0) is 21.7. The predicted octanol–water partition coefficient (Wildman–Crippen LogP) is 0.329. The van der Waals surface area contributed by atoms with Gasteiger partial charge in [0.15, 0.2) is 12.2 Å². The number of cyclic esters (lactones) is 1. The van der Waals surface area contributed by atoms with Gasteiger partial charge in [-0.05, 0) is 38.5 Å². The molecule has 3 fully saturated rings. The molecule has 10 heteroatoms. The zero-order valence-electron chi connectivity index (χ0n) is 18.2. The lowest BCUT2D eigenvalue weighted by Gasteiger charge is -2.37. The van der Waals surface area contributed by atoms with Crippen LogP contribution in [-0.4, -0.2) is 109 Å². The van der Waals surface area contributed by atoms with Gasteiger partial charge in [-0.3, -0.25) is 20.0 Å². The number of rotatable bonds is 7. The Morgan fingerprint density at radius 2 is 1.87 bits per heavy atom. The van der Waals surface area contributed by atoms with Crippen LogP contribution in [0, 0.1) is 11.3 Å². The molecular formula is C20H36N6O4. The Bertz CT molecular complexity index is 616. The van der Waals surface area contributed by atoms with Gasteiger partial charge in [-0.1, -0.05) is 0 Å². The van der Waals surface area contributed by atoms with Crippen LogP contribution in [0.4, 0.5) is 4.79 Å². The van der Waals surface area contributed by atoms with Crippen LogP contribution >= 0.6 is 0 Å². The van der Waals surface area contributed by atoms with Crippen LogP contribution in [0.25, 0.3) is 0 Å². The molecule has 0 aromatic heterocycles. The highest BCUT2D eigenvalue weighted by Gasteiger charge is 2.42. The minimum atomic E-state index is -0.226. The maximum absolute atomic E-state index is 12.4. The molecule has 2 atom stereocenters.